The molecule has 3 rings (SSSR count). The van der Waals surface area contributed by atoms with Crippen molar-refractivity contribution in [3.05, 3.63) is 71.3 Å². The van der Waals surface area contributed by atoms with E-state index in [-0.39, 0.29) is 12.5 Å². The Balaban J connectivity index is 2.00. The lowest BCUT2D eigenvalue weighted by molar-refractivity contribution is 0.238. The molecule has 0 heterocycles. The van der Waals surface area contributed by atoms with Crippen molar-refractivity contribution in [3.63, 3.8) is 0 Å². The predicted molar refractivity (Wildman–Crippen MR) is 73.8 cm³/mol. The third-order valence-corrected chi connectivity index (χ3v) is 4.09. The molecule has 1 aliphatic rings. The van der Waals surface area contributed by atoms with E-state index in [1.54, 1.807) is 0 Å². The van der Waals surface area contributed by atoms with Gasteiger partial charge < -0.3 is 5.11 Å². The molecule has 0 bridgehead atoms. The maximum absolute atomic E-state index is 9.77. The summed E-state index contributed by atoms with van der Waals surface area (Å²) in [5, 5.41) is 9.77. The first-order valence-corrected chi connectivity index (χ1v) is 6.63. The third kappa shape index (κ3) is 1.95. The van der Waals surface area contributed by atoms with Crippen LogP contribution in [0.25, 0.3) is 0 Å². The Kier molecular flexibility index (Phi) is 3.16. The summed E-state index contributed by atoms with van der Waals surface area (Å²) in [5.41, 5.74) is 4.09. The molecule has 2 aromatic carbocycles. The van der Waals surface area contributed by atoms with Crippen LogP contribution >= 0.6 is 0 Å². The van der Waals surface area contributed by atoms with E-state index in [0.717, 1.165) is 12.8 Å². The van der Waals surface area contributed by atoms with E-state index in [9.17, 15) is 5.11 Å². The van der Waals surface area contributed by atoms with Gasteiger partial charge in [0.1, 0.15) is 0 Å². The molecule has 0 amide bonds. The predicted octanol–water partition coefficient (Wildman–Crippen LogP) is 3.49. The van der Waals surface area contributed by atoms with E-state index in [0.29, 0.717) is 5.92 Å². The van der Waals surface area contributed by atoms with Crippen molar-refractivity contribution in [1.82, 2.24) is 0 Å². The Hall–Kier alpha value is -1.60. The van der Waals surface area contributed by atoms with E-state index in [2.05, 4.69) is 48.5 Å². The standard InChI is InChI=1S/C17H18O/c18-12-17-15-9-5-4-8-14(15)10-11-16(17)13-6-2-1-3-7-13/h1-9,16-18H,10-12H2/t16-,17+/m0/s1. The third-order valence-electron chi connectivity index (χ3n) is 4.09. The van der Waals surface area contributed by atoms with Crippen molar-refractivity contribution in [1.29, 1.82) is 0 Å². The molecule has 0 unspecified atom stereocenters. The molecule has 0 saturated heterocycles. The Morgan fingerprint density at radius 1 is 0.944 bits per heavy atom. The molecule has 1 N–H and O–H groups in total. The molecule has 2 atom stereocenters. The van der Waals surface area contributed by atoms with E-state index in [1.807, 2.05) is 6.07 Å². The Labute approximate surface area is 108 Å². The molecule has 92 valence electrons. The highest BCUT2D eigenvalue weighted by atomic mass is 16.3. The van der Waals surface area contributed by atoms with Gasteiger partial charge in [-0.3, -0.25) is 0 Å². The highest BCUT2D eigenvalue weighted by molar-refractivity contribution is 5.38. The second-order valence-electron chi connectivity index (χ2n) is 5.04. The summed E-state index contributed by atoms with van der Waals surface area (Å²) < 4.78 is 0. The van der Waals surface area contributed by atoms with Crippen molar-refractivity contribution in [2.75, 3.05) is 6.61 Å². The van der Waals surface area contributed by atoms with Crippen LogP contribution in [0.15, 0.2) is 54.6 Å². The van der Waals surface area contributed by atoms with E-state index in [4.69, 9.17) is 0 Å². The fraction of sp³-hybridized carbons (Fsp3) is 0.294. The van der Waals surface area contributed by atoms with Gasteiger partial charge in [0.2, 0.25) is 0 Å². The van der Waals surface area contributed by atoms with Gasteiger partial charge in [0, 0.05) is 5.92 Å². The van der Waals surface area contributed by atoms with Gasteiger partial charge in [-0.15, -0.1) is 0 Å². The van der Waals surface area contributed by atoms with Gasteiger partial charge in [-0.1, -0.05) is 54.6 Å². The summed E-state index contributed by atoms with van der Waals surface area (Å²) in [4.78, 5) is 0. The van der Waals surface area contributed by atoms with Crippen molar-refractivity contribution in [2.24, 2.45) is 0 Å². The number of hydrogen-bond donors (Lipinski definition) is 1. The van der Waals surface area contributed by atoms with Gasteiger partial charge in [-0.05, 0) is 35.4 Å². The second kappa shape index (κ2) is 4.95. The van der Waals surface area contributed by atoms with Gasteiger partial charge in [0.25, 0.3) is 0 Å². The minimum atomic E-state index is 0.233. The largest absolute Gasteiger partial charge is 0.396 e. The Morgan fingerprint density at radius 3 is 2.44 bits per heavy atom. The molecular formula is C17H18O. The molecule has 0 radical (unpaired) electrons. The van der Waals surface area contributed by atoms with Crippen LogP contribution in [0.5, 0.6) is 0 Å². The average molecular weight is 238 g/mol. The number of rotatable bonds is 2. The summed E-state index contributed by atoms with van der Waals surface area (Å²) >= 11 is 0. The lowest BCUT2D eigenvalue weighted by Gasteiger charge is -2.33. The maximum atomic E-state index is 9.77. The number of aliphatic hydroxyl groups is 1. The van der Waals surface area contributed by atoms with Crippen molar-refractivity contribution in [2.45, 2.75) is 24.7 Å². The number of aryl methyl sites for hydroxylation is 1. The SMILES string of the molecule is OC[C@@H]1c2ccccc2CC[C@H]1c1ccccc1. The monoisotopic (exact) mass is 238 g/mol. The minimum absolute atomic E-state index is 0.233. The summed E-state index contributed by atoms with van der Waals surface area (Å²) in [6, 6.07) is 19.1. The van der Waals surface area contributed by atoms with Crippen LogP contribution in [0.2, 0.25) is 0 Å². The second-order valence-corrected chi connectivity index (χ2v) is 5.04. The molecule has 1 nitrogen and oxygen atoms in total. The molecule has 0 aliphatic heterocycles. The van der Waals surface area contributed by atoms with Gasteiger partial charge in [-0.25, -0.2) is 0 Å². The Bertz CT molecular complexity index is 518. The first-order valence-electron chi connectivity index (χ1n) is 6.63. The molecule has 0 spiro atoms. The zero-order chi connectivity index (χ0) is 12.4. The topological polar surface area (TPSA) is 20.2 Å². The van der Waals surface area contributed by atoms with Crippen molar-refractivity contribution in [3.8, 4) is 0 Å². The van der Waals surface area contributed by atoms with Gasteiger partial charge in [0.05, 0.1) is 6.61 Å². The van der Waals surface area contributed by atoms with Crippen LogP contribution in [0.4, 0.5) is 0 Å². The van der Waals surface area contributed by atoms with Crippen LogP contribution in [0, 0.1) is 0 Å². The lowest BCUT2D eigenvalue weighted by atomic mass is 9.72. The van der Waals surface area contributed by atoms with Gasteiger partial charge in [0.15, 0.2) is 0 Å². The minimum Gasteiger partial charge on any atom is -0.396 e. The lowest BCUT2D eigenvalue weighted by Crippen LogP contribution is -2.22. The zero-order valence-corrected chi connectivity index (χ0v) is 10.4. The zero-order valence-electron chi connectivity index (χ0n) is 10.4. The summed E-state index contributed by atoms with van der Waals surface area (Å²) in [5.74, 6) is 0.698. The number of benzene rings is 2. The molecule has 1 aliphatic carbocycles. The van der Waals surface area contributed by atoms with Crippen LogP contribution in [-0.4, -0.2) is 11.7 Å². The fourth-order valence-electron chi connectivity index (χ4n) is 3.18. The highest BCUT2D eigenvalue weighted by Gasteiger charge is 2.29. The summed E-state index contributed by atoms with van der Waals surface area (Å²) in [6.07, 6.45) is 2.25. The average Bonchev–Trinajstić information content (AvgIpc) is 2.47. The fourth-order valence-corrected chi connectivity index (χ4v) is 3.18. The first kappa shape index (κ1) is 11.5. The van der Waals surface area contributed by atoms with E-state index in [1.165, 1.54) is 16.7 Å². The van der Waals surface area contributed by atoms with Gasteiger partial charge >= 0.3 is 0 Å². The highest BCUT2D eigenvalue weighted by Crippen LogP contribution is 2.41. The molecule has 0 saturated carbocycles. The quantitative estimate of drug-likeness (QED) is 0.849. The number of fused-ring (bicyclic) bond motifs is 1. The van der Waals surface area contributed by atoms with Crippen molar-refractivity contribution < 1.29 is 5.11 Å². The molecule has 1 heteroatoms. The summed E-state index contributed by atoms with van der Waals surface area (Å²) in [7, 11) is 0. The molecule has 0 aromatic heterocycles. The smallest absolute Gasteiger partial charge is 0.0505 e. The van der Waals surface area contributed by atoms with E-state index < -0.39 is 0 Å². The normalized spacial score (nSPS) is 22.5. The first-order chi connectivity index (χ1) is 8.90. The number of aliphatic hydroxyl groups excluding tert-OH is 1. The van der Waals surface area contributed by atoms with Crippen LogP contribution in [0.3, 0.4) is 0 Å². The molecule has 2 aromatic rings. The summed E-state index contributed by atoms with van der Waals surface area (Å²) in [6.45, 7) is 0.233. The van der Waals surface area contributed by atoms with Crippen LogP contribution in [0.1, 0.15) is 34.9 Å². The van der Waals surface area contributed by atoms with E-state index >= 15 is 0 Å². The maximum Gasteiger partial charge on any atom is 0.0505 e. The van der Waals surface area contributed by atoms with Gasteiger partial charge in [-0.2, -0.15) is 0 Å². The van der Waals surface area contributed by atoms with Crippen molar-refractivity contribution >= 4 is 0 Å². The molecular weight excluding hydrogens is 220 g/mol. The van der Waals surface area contributed by atoms with Crippen LogP contribution < -0.4 is 0 Å². The van der Waals surface area contributed by atoms with Crippen LogP contribution in [-0.2, 0) is 6.42 Å². The molecule has 0 fully saturated rings. The Morgan fingerprint density at radius 2 is 1.67 bits per heavy atom. The number of hydrogen-bond acceptors (Lipinski definition) is 1. The molecule has 18 heavy (non-hydrogen) atoms.